The molecule has 1 aromatic carbocycles. The molecule has 1 aromatic heterocycles. The lowest BCUT2D eigenvalue weighted by molar-refractivity contribution is 0.0951. The van der Waals surface area contributed by atoms with Gasteiger partial charge in [-0.3, -0.25) is 9.48 Å². The minimum absolute atomic E-state index is 0.0298. The largest absolute Gasteiger partial charge is 0.493 e. The van der Waals surface area contributed by atoms with Crippen molar-refractivity contribution in [3.05, 3.63) is 46.7 Å². The summed E-state index contributed by atoms with van der Waals surface area (Å²) in [6.07, 6.45) is 1.98. The fraction of sp³-hybridized carbons (Fsp3) is 0.286. The number of para-hydroxylation sites is 1. The normalized spacial score (nSPS) is 10.4. The van der Waals surface area contributed by atoms with E-state index in [9.17, 15) is 4.79 Å². The highest BCUT2D eigenvalue weighted by Crippen LogP contribution is 2.18. The third kappa shape index (κ3) is 3.44. The lowest BCUT2D eigenvalue weighted by Gasteiger charge is -2.07. The Hall–Kier alpha value is -1.62. The van der Waals surface area contributed by atoms with Crippen molar-refractivity contribution in [3.8, 4) is 5.75 Å². The van der Waals surface area contributed by atoms with Crippen molar-refractivity contribution in [2.75, 3.05) is 6.61 Å². The Morgan fingerprint density at radius 1 is 1.37 bits per heavy atom. The van der Waals surface area contributed by atoms with Gasteiger partial charge in [-0.1, -0.05) is 18.2 Å². The summed E-state index contributed by atoms with van der Waals surface area (Å²) in [4.78, 5) is 12.1. The first-order valence-electron chi connectivity index (χ1n) is 6.14. The van der Waals surface area contributed by atoms with Gasteiger partial charge in [0.1, 0.15) is 11.4 Å². The molecule has 0 amide bonds. The Kier molecular flexibility index (Phi) is 4.74. The quantitative estimate of drug-likeness (QED) is 0.766. The highest BCUT2D eigenvalue weighted by atomic mass is 79.9. The van der Waals surface area contributed by atoms with Crippen LogP contribution in [-0.4, -0.2) is 22.2 Å². The van der Waals surface area contributed by atoms with Gasteiger partial charge < -0.3 is 4.74 Å². The lowest BCUT2D eigenvalue weighted by atomic mass is 10.2. The minimum atomic E-state index is 0.0298. The average molecular weight is 323 g/mol. The first kappa shape index (κ1) is 13.8. The molecule has 2 rings (SSSR count). The number of halogens is 1. The van der Waals surface area contributed by atoms with Crippen LogP contribution in [0.1, 0.15) is 23.8 Å². The zero-order valence-electron chi connectivity index (χ0n) is 10.7. The summed E-state index contributed by atoms with van der Waals surface area (Å²) in [5.74, 6) is 0.806. The van der Waals surface area contributed by atoms with Crippen molar-refractivity contribution in [2.45, 2.75) is 19.9 Å². The second kappa shape index (κ2) is 6.52. The van der Waals surface area contributed by atoms with Crippen molar-refractivity contribution in [1.29, 1.82) is 0 Å². The second-order valence-electron chi connectivity index (χ2n) is 3.99. The van der Waals surface area contributed by atoms with Gasteiger partial charge in [-0.05, 0) is 35.0 Å². The van der Waals surface area contributed by atoms with Gasteiger partial charge in [0.25, 0.3) is 0 Å². The third-order valence-corrected chi connectivity index (χ3v) is 3.28. The van der Waals surface area contributed by atoms with Crippen molar-refractivity contribution in [2.24, 2.45) is 0 Å². The van der Waals surface area contributed by atoms with Crippen molar-refractivity contribution in [3.63, 3.8) is 0 Å². The number of ketones is 1. The van der Waals surface area contributed by atoms with Crippen molar-refractivity contribution in [1.82, 2.24) is 9.78 Å². The van der Waals surface area contributed by atoms with Crippen LogP contribution in [0.3, 0.4) is 0 Å². The maximum absolute atomic E-state index is 12.1. The van der Waals surface area contributed by atoms with Gasteiger partial charge >= 0.3 is 0 Å². The Morgan fingerprint density at radius 3 is 2.79 bits per heavy atom. The summed E-state index contributed by atoms with van der Waals surface area (Å²) in [5.41, 5.74) is 0.610. The summed E-state index contributed by atoms with van der Waals surface area (Å²) in [5, 5.41) is 4.13. The average Bonchev–Trinajstić information content (AvgIpc) is 2.81. The number of nitrogens with zero attached hydrogens (tertiary/aromatic N) is 2. The van der Waals surface area contributed by atoms with E-state index >= 15 is 0 Å². The van der Waals surface area contributed by atoms with E-state index in [-0.39, 0.29) is 5.78 Å². The lowest BCUT2D eigenvalue weighted by Crippen LogP contribution is -2.13. The number of carbonyl (C=O) groups excluding carboxylic acids is 1. The van der Waals surface area contributed by atoms with Crippen LogP contribution in [0.5, 0.6) is 5.75 Å². The molecule has 0 saturated carbocycles. The van der Waals surface area contributed by atoms with Crippen molar-refractivity contribution >= 4 is 21.7 Å². The number of aromatic nitrogens is 2. The second-order valence-corrected chi connectivity index (χ2v) is 4.85. The predicted molar refractivity (Wildman–Crippen MR) is 76.5 cm³/mol. The summed E-state index contributed by atoms with van der Waals surface area (Å²) >= 11 is 3.35. The molecule has 2 aromatic rings. The van der Waals surface area contributed by atoms with Crippen LogP contribution in [0, 0.1) is 0 Å². The number of hydrogen-bond acceptors (Lipinski definition) is 3. The van der Waals surface area contributed by atoms with E-state index in [1.165, 1.54) is 0 Å². The van der Waals surface area contributed by atoms with Crippen LogP contribution in [-0.2, 0) is 6.54 Å². The van der Waals surface area contributed by atoms with Crippen LogP contribution < -0.4 is 4.74 Å². The van der Waals surface area contributed by atoms with Gasteiger partial charge in [-0.25, -0.2) is 0 Å². The van der Waals surface area contributed by atoms with Gasteiger partial charge in [0, 0.05) is 13.0 Å². The number of aryl methyl sites for hydroxylation is 1. The van der Waals surface area contributed by atoms with Gasteiger partial charge in [-0.2, -0.15) is 5.10 Å². The Bertz CT molecular complexity index is 552. The van der Waals surface area contributed by atoms with E-state index in [1.54, 1.807) is 10.9 Å². The molecule has 4 nitrogen and oxygen atoms in total. The zero-order valence-corrected chi connectivity index (χ0v) is 12.3. The molecular weight excluding hydrogens is 308 g/mol. The minimum Gasteiger partial charge on any atom is -0.493 e. The number of Topliss-reactive ketones (excluding diaryl/α,β-unsaturated/α-hetero) is 1. The maximum Gasteiger partial charge on any atom is 0.185 e. The van der Waals surface area contributed by atoms with Crippen LogP contribution in [0.25, 0.3) is 0 Å². The monoisotopic (exact) mass is 322 g/mol. The molecule has 0 saturated heterocycles. The molecule has 0 unspecified atom stereocenters. The van der Waals surface area contributed by atoms with E-state index in [2.05, 4.69) is 21.0 Å². The van der Waals surface area contributed by atoms with Crippen LogP contribution in [0.4, 0.5) is 0 Å². The molecule has 0 N–H and O–H groups in total. The topological polar surface area (TPSA) is 44.1 Å². The first-order valence-corrected chi connectivity index (χ1v) is 6.94. The number of ether oxygens (including phenoxy) is 1. The highest BCUT2D eigenvalue weighted by Gasteiger charge is 2.16. The van der Waals surface area contributed by atoms with E-state index in [0.717, 1.165) is 10.2 Å². The molecule has 5 heteroatoms. The Balaban J connectivity index is 1.93. The van der Waals surface area contributed by atoms with Crippen LogP contribution in [0.2, 0.25) is 0 Å². The van der Waals surface area contributed by atoms with E-state index in [1.807, 2.05) is 37.3 Å². The standard InChI is InChI=1S/C14H15BrN2O2/c1-2-17-14(12(15)10-16-17)13(18)8-9-19-11-6-4-3-5-7-11/h3-7,10H,2,8-9H2,1H3. The van der Waals surface area contributed by atoms with Gasteiger partial charge in [0.2, 0.25) is 0 Å². The molecule has 0 radical (unpaired) electrons. The fourth-order valence-electron chi connectivity index (χ4n) is 1.78. The number of carbonyl (C=O) groups is 1. The number of hydrogen-bond donors (Lipinski definition) is 0. The molecular formula is C14H15BrN2O2. The van der Waals surface area contributed by atoms with E-state index < -0.39 is 0 Å². The Labute approximate surface area is 120 Å². The first-order chi connectivity index (χ1) is 9.22. The highest BCUT2D eigenvalue weighted by molar-refractivity contribution is 9.10. The van der Waals surface area contributed by atoms with Crippen LogP contribution in [0.15, 0.2) is 41.0 Å². The smallest absolute Gasteiger partial charge is 0.185 e. The molecule has 0 atom stereocenters. The molecule has 19 heavy (non-hydrogen) atoms. The molecule has 0 spiro atoms. The predicted octanol–water partition coefficient (Wildman–Crippen LogP) is 3.32. The van der Waals surface area contributed by atoms with E-state index in [0.29, 0.717) is 25.3 Å². The third-order valence-electron chi connectivity index (χ3n) is 2.70. The molecule has 0 fully saturated rings. The van der Waals surface area contributed by atoms with Gasteiger partial charge in [0.15, 0.2) is 5.78 Å². The SMILES string of the molecule is CCn1ncc(Br)c1C(=O)CCOc1ccccc1. The molecule has 0 aliphatic heterocycles. The summed E-state index contributed by atoms with van der Waals surface area (Å²) in [7, 11) is 0. The van der Waals surface area contributed by atoms with E-state index in [4.69, 9.17) is 4.74 Å². The van der Waals surface area contributed by atoms with Crippen LogP contribution >= 0.6 is 15.9 Å². The maximum atomic E-state index is 12.1. The zero-order chi connectivity index (χ0) is 13.7. The molecule has 1 heterocycles. The summed E-state index contributed by atoms with van der Waals surface area (Å²) in [6, 6.07) is 9.47. The molecule has 0 bridgehead atoms. The number of rotatable bonds is 6. The summed E-state index contributed by atoms with van der Waals surface area (Å²) < 4.78 is 7.95. The van der Waals surface area contributed by atoms with Crippen molar-refractivity contribution < 1.29 is 9.53 Å². The number of benzene rings is 1. The van der Waals surface area contributed by atoms with Gasteiger partial charge in [-0.15, -0.1) is 0 Å². The molecule has 0 aliphatic rings. The molecule has 100 valence electrons. The molecule has 0 aliphatic carbocycles. The fourth-order valence-corrected chi connectivity index (χ4v) is 2.29. The summed E-state index contributed by atoms with van der Waals surface area (Å²) in [6.45, 7) is 2.99. The van der Waals surface area contributed by atoms with Gasteiger partial charge in [0.05, 0.1) is 17.3 Å². The Morgan fingerprint density at radius 2 is 2.11 bits per heavy atom.